The molecule has 0 saturated carbocycles. The Hall–Kier alpha value is -1.71. The van der Waals surface area contributed by atoms with E-state index in [9.17, 15) is 4.79 Å². The Balaban J connectivity index is 2.28. The van der Waals surface area contributed by atoms with Crippen molar-refractivity contribution in [1.29, 1.82) is 0 Å². The summed E-state index contributed by atoms with van der Waals surface area (Å²) in [7, 11) is 1.95. The first-order valence-electron chi connectivity index (χ1n) is 6.59. The lowest BCUT2D eigenvalue weighted by Crippen LogP contribution is -2.21. The largest absolute Gasteiger partial charge is 0.374 e. The lowest BCUT2D eigenvalue weighted by atomic mass is 10.1. The van der Waals surface area contributed by atoms with Gasteiger partial charge >= 0.3 is 0 Å². The van der Waals surface area contributed by atoms with E-state index in [1.54, 1.807) is 24.3 Å². The Morgan fingerprint density at radius 3 is 2.57 bits per heavy atom. The maximum Gasteiger partial charge on any atom is 0.257 e. The molecule has 2 aromatic carbocycles. The van der Waals surface area contributed by atoms with E-state index in [2.05, 4.69) is 5.32 Å². The Morgan fingerprint density at radius 1 is 1.19 bits per heavy atom. The number of amides is 1. The van der Waals surface area contributed by atoms with Gasteiger partial charge < -0.3 is 10.2 Å². The number of carbonyl (C=O) groups excluding carboxylic acids is 1. The predicted molar refractivity (Wildman–Crippen MR) is 89.8 cm³/mol. The van der Waals surface area contributed by atoms with Gasteiger partial charge in [0.05, 0.1) is 16.3 Å². The molecule has 0 bridgehead atoms. The number of nitrogens with zero attached hydrogens (tertiary/aromatic N) is 1. The normalized spacial score (nSPS) is 10.3. The van der Waals surface area contributed by atoms with Crippen molar-refractivity contribution in [2.24, 2.45) is 0 Å². The van der Waals surface area contributed by atoms with Crippen molar-refractivity contribution < 1.29 is 4.79 Å². The van der Waals surface area contributed by atoms with E-state index >= 15 is 0 Å². The van der Waals surface area contributed by atoms with Crippen LogP contribution in [0.5, 0.6) is 0 Å². The van der Waals surface area contributed by atoms with E-state index in [1.165, 1.54) is 0 Å². The van der Waals surface area contributed by atoms with E-state index in [-0.39, 0.29) is 5.91 Å². The fraction of sp³-hybridized carbons (Fsp3) is 0.188. The minimum atomic E-state index is -0.199. The van der Waals surface area contributed by atoms with Crippen LogP contribution in [0.4, 0.5) is 11.4 Å². The molecular formula is C16H16Cl2N2O. The van der Waals surface area contributed by atoms with Crippen molar-refractivity contribution >= 4 is 40.5 Å². The van der Waals surface area contributed by atoms with Crippen LogP contribution in [0.15, 0.2) is 42.5 Å². The lowest BCUT2D eigenvalue weighted by molar-refractivity contribution is 0.102. The van der Waals surface area contributed by atoms with Crippen LogP contribution < -0.4 is 10.2 Å². The molecule has 0 spiro atoms. The molecule has 0 saturated heterocycles. The van der Waals surface area contributed by atoms with Gasteiger partial charge in [-0.25, -0.2) is 0 Å². The second-order valence-electron chi connectivity index (χ2n) is 4.61. The molecule has 0 aliphatic heterocycles. The van der Waals surface area contributed by atoms with Crippen molar-refractivity contribution in [2.45, 2.75) is 6.92 Å². The molecule has 1 amide bonds. The topological polar surface area (TPSA) is 32.3 Å². The molecule has 2 rings (SSSR count). The van der Waals surface area contributed by atoms with Gasteiger partial charge in [0.1, 0.15) is 0 Å². The molecule has 0 atom stereocenters. The van der Waals surface area contributed by atoms with Gasteiger partial charge in [-0.15, -0.1) is 0 Å². The zero-order valence-corrected chi connectivity index (χ0v) is 13.4. The van der Waals surface area contributed by atoms with Crippen LogP contribution >= 0.6 is 23.2 Å². The minimum absolute atomic E-state index is 0.199. The second kappa shape index (κ2) is 6.83. The summed E-state index contributed by atoms with van der Waals surface area (Å²) in [6.07, 6.45) is 0. The average Bonchev–Trinajstić information content (AvgIpc) is 2.49. The Labute approximate surface area is 134 Å². The molecule has 0 heterocycles. The summed E-state index contributed by atoms with van der Waals surface area (Å²) >= 11 is 11.9. The zero-order valence-electron chi connectivity index (χ0n) is 11.9. The lowest BCUT2D eigenvalue weighted by Gasteiger charge is -2.20. The third kappa shape index (κ3) is 3.69. The van der Waals surface area contributed by atoms with Crippen LogP contribution in [0.2, 0.25) is 10.0 Å². The van der Waals surface area contributed by atoms with Gasteiger partial charge in [0, 0.05) is 24.3 Å². The zero-order chi connectivity index (χ0) is 15.4. The third-order valence-electron chi connectivity index (χ3n) is 3.21. The first-order valence-corrected chi connectivity index (χ1v) is 7.35. The van der Waals surface area contributed by atoms with Crippen LogP contribution in [0.25, 0.3) is 0 Å². The van der Waals surface area contributed by atoms with Gasteiger partial charge in [-0.1, -0.05) is 35.3 Å². The van der Waals surface area contributed by atoms with Gasteiger partial charge in [0.25, 0.3) is 5.91 Å². The summed E-state index contributed by atoms with van der Waals surface area (Å²) in [6, 6.07) is 12.4. The summed E-state index contributed by atoms with van der Waals surface area (Å²) in [6.45, 7) is 2.84. The second-order valence-corrected chi connectivity index (χ2v) is 5.45. The number of hydrogen-bond donors (Lipinski definition) is 1. The molecule has 0 aliphatic carbocycles. The molecule has 0 aliphatic rings. The molecule has 0 radical (unpaired) electrons. The maximum absolute atomic E-state index is 12.5. The van der Waals surface area contributed by atoms with Gasteiger partial charge in [0.15, 0.2) is 0 Å². The highest BCUT2D eigenvalue weighted by Crippen LogP contribution is 2.27. The molecule has 0 fully saturated rings. The monoisotopic (exact) mass is 322 g/mol. The van der Waals surface area contributed by atoms with Crippen molar-refractivity contribution in [1.82, 2.24) is 0 Å². The molecule has 0 aromatic heterocycles. The number of nitrogens with one attached hydrogen (secondary N) is 1. The number of carbonyl (C=O) groups is 1. The van der Waals surface area contributed by atoms with Crippen LogP contribution in [0.3, 0.4) is 0 Å². The van der Waals surface area contributed by atoms with E-state index in [1.807, 2.05) is 37.1 Å². The van der Waals surface area contributed by atoms with Crippen LogP contribution in [-0.4, -0.2) is 19.5 Å². The number of anilines is 2. The number of para-hydroxylation sites is 1. The van der Waals surface area contributed by atoms with Gasteiger partial charge in [-0.3, -0.25) is 4.79 Å². The molecular weight excluding hydrogens is 307 g/mol. The molecule has 3 nitrogen and oxygen atoms in total. The average molecular weight is 323 g/mol. The van der Waals surface area contributed by atoms with E-state index < -0.39 is 0 Å². The molecule has 1 N–H and O–H groups in total. The summed E-state index contributed by atoms with van der Waals surface area (Å²) in [5, 5.41) is 3.76. The quantitative estimate of drug-likeness (QED) is 0.884. The maximum atomic E-state index is 12.5. The first-order chi connectivity index (χ1) is 10.0. The highest BCUT2D eigenvalue weighted by atomic mass is 35.5. The van der Waals surface area contributed by atoms with Crippen molar-refractivity contribution in [3.8, 4) is 0 Å². The number of rotatable bonds is 4. The van der Waals surface area contributed by atoms with Crippen molar-refractivity contribution in [3.05, 3.63) is 58.1 Å². The summed E-state index contributed by atoms with van der Waals surface area (Å²) < 4.78 is 0. The molecule has 2 aromatic rings. The summed E-state index contributed by atoms with van der Waals surface area (Å²) in [4.78, 5) is 14.5. The fourth-order valence-electron chi connectivity index (χ4n) is 1.95. The predicted octanol–water partition coefficient (Wildman–Crippen LogP) is 4.70. The van der Waals surface area contributed by atoms with Crippen LogP contribution in [-0.2, 0) is 0 Å². The standard InChI is InChI=1S/C16H16Cl2N2O/c1-3-20(2)15-7-5-4-6-12(15)16(21)19-14-9-8-11(17)10-13(14)18/h4-10H,3H2,1-2H3,(H,19,21). The van der Waals surface area contributed by atoms with Gasteiger partial charge in [0.2, 0.25) is 0 Å². The van der Waals surface area contributed by atoms with Gasteiger partial charge in [-0.05, 0) is 37.3 Å². The Kier molecular flexibility index (Phi) is 5.10. The molecule has 0 unspecified atom stereocenters. The first kappa shape index (κ1) is 15.7. The van der Waals surface area contributed by atoms with Crippen LogP contribution in [0, 0.1) is 0 Å². The highest BCUT2D eigenvalue weighted by Gasteiger charge is 2.14. The smallest absolute Gasteiger partial charge is 0.257 e. The molecule has 110 valence electrons. The number of benzene rings is 2. The highest BCUT2D eigenvalue weighted by molar-refractivity contribution is 6.36. The number of hydrogen-bond acceptors (Lipinski definition) is 2. The van der Waals surface area contributed by atoms with E-state index in [0.717, 1.165) is 12.2 Å². The number of halogens is 2. The molecule has 21 heavy (non-hydrogen) atoms. The molecule has 5 heteroatoms. The Bertz CT molecular complexity index is 658. The third-order valence-corrected chi connectivity index (χ3v) is 3.76. The van der Waals surface area contributed by atoms with E-state index in [4.69, 9.17) is 23.2 Å². The summed E-state index contributed by atoms with van der Waals surface area (Å²) in [5.74, 6) is -0.199. The fourth-order valence-corrected chi connectivity index (χ4v) is 2.41. The van der Waals surface area contributed by atoms with Crippen LogP contribution in [0.1, 0.15) is 17.3 Å². The SMILES string of the molecule is CCN(C)c1ccccc1C(=O)Nc1ccc(Cl)cc1Cl. The van der Waals surface area contributed by atoms with Gasteiger partial charge in [-0.2, -0.15) is 0 Å². The summed E-state index contributed by atoms with van der Waals surface area (Å²) in [5.41, 5.74) is 2.02. The minimum Gasteiger partial charge on any atom is -0.374 e. The van der Waals surface area contributed by atoms with E-state index in [0.29, 0.717) is 21.3 Å². The Morgan fingerprint density at radius 2 is 1.90 bits per heavy atom. The van der Waals surface area contributed by atoms with Crippen molar-refractivity contribution in [2.75, 3.05) is 23.8 Å². The van der Waals surface area contributed by atoms with Crippen molar-refractivity contribution in [3.63, 3.8) is 0 Å².